The van der Waals surface area contributed by atoms with E-state index in [0.717, 1.165) is 28.5 Å². The van der Waals surface area contributed by atoms with Gasteiger partial charge < -0.3 is 20.0 Å². The van der Waals surface area contributed by atoms with Gasteiger partial charge in [-0.25, -0.2) is 4.98 Å². The molecule has 1 atom stereocenters. The lowest BCUT2D eigenvalue weighted by Gasteiger charge is -2.37. The number of para-hydroxylation sites is 2. The number of imidazole rings is 1. The zero-order valence-electron chi connectivity index (χ0n) is 25.4. The van der Waals surface area contributed by atoms with E-state index in [0.29, 0.717) is 27.1 Å². The third-order valence-corrected chi connectivity index (χ3v) is 8.76. The van der Waals surface area contributed by atoms with Crippen molar-refractivity contribution in [3.63, 3.8) is 0 Å². The highest BCUT2D eigenvalue weighted by atomic mass is 35.5. The highest BCUT2D eigenvalue weighted by Gasteiger charge is 2.38. The summed E-state index contributed by atoms with van der Waals surface area (Å²) in [6.45, 7) is 0. The Kier molecular flexibility index (Phi) is 9.81. The van der Waals surface area contributed by atoms with Gasteiger partial charge in [0.05, 0.1) is 40.2 Å². The molecule has 0 fully saturated rings. The molecule has 0 aliphatic carbocycles. The first-order chi connectivity index (χ1) is 23.0. The number of nitrogens with one attached hydrogen (secondary N) is 2. The van der Waals surface area contributed by atoms with Crippen molar-refractivity contribution in [3.8, 4) is 0 Å². The van der Waals surface area contributed by atoms with Gasteiger partial charge in [-0.15, -0.1) is 0 Å². The molecule has 1 aromatic heterocycles. The Bertz CT molecular complexity index is 1850. The topological polar surface area (TPSA) is 76.0 Å². The van der Waals surface area contributed by atoms with Crippen molar-refractivity contribution >= 4 is 46.8 Å². The van der Waals surface area contributed by atoms with Gasteiger partial charge in [-0.05, 0) is 40.5 Å². The van der Waals surface area contributed by atoms with Crippen molar-refractivity contribution in [1.82, 2.24) is 14.9 Å². The molecule has 234 valence electrons. The fraction of sp³-hybridized carbons (Fsp3) is 0.103. The van der Waals surface area contributed by atoms with E-state index in [9.17, 15) is 9.59 Å². The SMILES string of the molecule is O=C[C@H](Cc1cn(C(c2ccccc2)(c2ccccc2)c2ccccc2)cn1)NC(=O)Cc1ccccc1Nc1c(Cl)cccc1Cl. The van der Waals surface area contributed by atoms with Gasteiger partial charge in [-0.1, -0.05) is 138 Å². The average molecular weight is 660 g/mol. The van der Waals surface area contributed by atoms with Crippen molar-refractivity contribution < 1.29 is 9.59 Å². The molecule has 1 heterocycles. The third kappa shape index (κ3) is 6.85. The number of carbonyl (C=O) groups excluding carboxylic acids is 2. The van der Waals surface area contributed by atoms with Crippen molar-refractivity contribution in [2.75, 3.05) is 5.32 Å². The molecule has 6 rings (SSSR count). The number of nitrogens with zero attached hydrogens (tertiary/aromatic N) is 2. The van der Waals surface area contributed by atoms with Crippen LogP contribution in [0, 0.1) is 0 Å². The van der Waals surface area contributed by atoms with Crippen LogP contribution in [-0.4, -0.2) is 27.8 Å². The van der Waals surface area contributed by atoms with Crippen LogP contribution in [0.25, 0.3) is 0 Å². The molecule has 0 saturated heterocycles. The van der Waals surface area contributed by atoms with Crippen LogP contribution in [-0.2, 0) is 28.0 Å². The second-order valence-electron chi connectivity index (χ2n) is 11.2. The van der Waals surface area contributed by atoms with Gasteiger partial charge in [0.15, 0.2) is 0 Å². The van der Waals surface area contributed by atoms with E-state index in [1.807, 2.05) is 85.1 Å². The molecular formula is C39H32Cl2N4O2. The molecule has 0 bridgehead atoms. The number of amides is 1. The van der Waals surface area contributed by atoms with E-state index in [-0.39, 0.29) is 18.7 Å². The molecule has 0 unspecified atom stereocenters. The largest absolute Gasteiger partial charge is 0.353 e. The Morgan fingerprint density at radius 1 is 0.745 bits per heavy atom. The second kappa shape index (κ2) is 14.5. The number of benzene rings is 5. The molecule has 5 aromatic carbocycles. The Labute approximate surface area is 284 Å². The van der Waals surface area contributed by atoms with Gasteiger partial charge >= 0.3 is 0 Å². The van der Waals surface area contributed by atoms with E-state index >= 15 is 0 Å². The number of rotatable bonds is 12. The molecule has 6 nitrogen and oxygen atoms in total. The smallest absolute Gasteiger partial charge is 0.225 e. The number of hydrogen-bond acceptors (Lipinski definition) is 4. The molecule has 0 radical (unpaired) electrons. The Morgan fingerprint density at radius 3 is 1.83 bits per heavy atom. The van der Waals surface area contributed by atoms with Gasteiger partial charge in [0.25, 0.3) is 0 Å². The molecule has 0 saturated carbocycles. The normalized spacial score (nSPS) is 11.9. The lowest BCUT2D eigenvalue weighted by Crippen LogP contribution is -2.39. The lowest BCUT2D eigenvalue weighted by atomic mass is 9.77. The minimum absolute atomic E-state index is 0.0448. The van der Waals surface area contributed by atoms with Gasteiger partial charge in [0, 0.05) is 18.3 Å². The molecule has 0 aliphatic rings. The minimum atomic E-state index is -0.774. The molecule has 6 aromatic rings. The molecule has 0 spiro atoms. The summed E-state index contributed by atoms with van der Waals surface area (Å²) in [6.07, 6.45) is 4.79. The van der Waals surface area contributed by atoms with Crippen LogP contribution < -0.4 is 10.6 Å². The monoisotopic (exact) mass is 658 g/mol. The van der Waals surface area contributed by atoms with Crippen LogP contribution in [0.2, 0.25) is 10.0 Å². The Balaban J connectivity index is 1.25. The summed E-state index contributed by atoms with van der Waals surface area (Å²) in [5.41, 5.74) is 5.11. The maximum atomic E-state index is 13.3. The van der Waals surface area contributed by atoms with Crippen molar-refractivity contribution in [2.24, 2.45) is 0 Å². The summed E-state index contributed by atoms with van der Waals surface area (Å²) in [5.74, 6) is -0.298. The number of aromatic nitrogens is 2. The highest BCUT2D eigenvalue weighted by Crippen LogP contribution is 2.41. The Hall–Kier alpha value is -5.17. The summed E-state index contributed by atoms with van der Waals surface area (Å²) in [4.78, 5) is 30.2. The lowest BCUT2D eigenvalue weighted by molar-refractivity contribution is -0.123. The number of anilines is 2. The van der Waals surface area contributed by atoms with E-state index in [1.165, 1.54) is 0 Å². The van der Waals surface area contributed by atoms with Crippen LogP contribution in [0.1, 0.15) is 27.9 Å². The fourth-order valence-electron chi connectivity index (χ4n) is 5.98. The first-order valence-corrected chi connectivity index (χ1v) is 16.0. The number of aldehydes is 1. The molecule has 8 heteroatoms. The maximum Gasteiger partial charge on any atom is 0.225 e. The van der Waals surface area contributed by atoms with E-state index in [4.69, 9.17) is 28.2 Å². The van der Waals surface area contributed by atoms with E-state index < -0.39 is 11.6 Å². The second-order valence-corrected chi connectivity index (χ2v) is 12.0. The van der Waals surface area contributed by atoms with Gasteiger partial charge in [-0.2, -0.15) is 0 Å². The minimum Gasteiger partial charge on any atom is -0.353 e. The van der Waals surface area contributed by atoms with Crippen LogP contribution in [0.15, 0.2) is 146 Å². The zero-order chi connectivity index (χ0) is 32.6. The average Bonchev–Trinajstić information content (AvgIpc) is 3.57. The fourth-order valence-corrected chi connectivity index (χ4v) is 6.47. The molecule has 1 amide bonds. The Morgan fingerprint density at radius 2 is 1.28 bits per heavy atom. The zero-order valence-corrected chi connectivity index (χ0v) is 26.9. The first kappa shape index (κ1) is 31.8. The van der Waals surface area contributed by atoms with E-state index in [2.05, 4.69) is 51.6 Å². The van der Waals surface area contributed by atoms with Gasteiger partial charge in [-0.3, -0.25) is 4.79 Å². The van der Waals surface area contributed by atoms with Gasteiger partial charge in [0.1, 0.15) is 11.8 Å². The van der Waals surface area contributed by atoms with Crippen LogP contribution in [0.4, 0.5) is 11.4 Å². The van der Waals surface area contributed by atoms with Crippen LogP contribution in [0.5, 0.6) is 0 Å². The molecule has 47 heavy (non-hydrogen) atoms. The first-order valence-electron chi connectivity index (χ1n) is 15.2. The predicted molar refractivity (Wildman–Crippen MR) is 188 cm³/mol. The maximum absolute atomic E-state index is 13.3. The summed E-state index contributed by atoms with van der Waals surface area (Å²) in [6, 6.07) is 42.7. The highest BCUT2D eigenvalue weighted by molar-refractivity contribution is 6.39. The van der Waals surface area contributed by atoms with Crippen molar-refractivity contribution in [2.45, 2.75) is 24.4 Å². The quantitative estimate of drug-likeness (QED) is 0.103. The predicted octanol–water partition coefficient (Wildman–Crippen LogP) is 8.24. The third-order valence-electron chi connectivity index (χ3n) is 8.13. The summed E-state index contributed by atoms with van der Waals surface area (Å²) in [5, 5.41) is 7.07. The molecular weight excluding hydrogens is 627 g/mol. The van der Waals surface area contributed by atoms with Gasteiger partial charge in [0.2, 0.25) is 5.91 Å². The number of hydrogen-bond donors (Lipinski definition) is 2. The molecule has 2 N–H and O–H groups in total. The van der Waals surface area contributed by atoms with E-state index in [1.54, 1.807) is 24.5 Å². The summed E-state index contributed by atoms with van der Waals surface area (Å²) >= 11 is 12.7. The van der Waals surface area contributed by atoms with Crippen LogP contribution in [0.3, 0.4) is 0 Å². The van der Waals surface area contributed by atoms with Crippen molar-refractivity contribution in [1.29, 1.82) is 0 Å². The standard InChI is InChI=1S/C39H32Cl2N4O2/c40-34-20-12-21-35(41)38(34)44-36-22-11-10-13-28(36)23-37(47)43-33(26-46)24-32-25-45(27-42-32)39(29-14-4-1-5-15-29,30-16-6-2-7-17-30)31-18-8-3-9-19-31/h1-22,25-27,33,44H,23-24H2,(H,43,47)/t33-/m0/s1. The van der Waals surface area contributed by atoms with Crippen LogP contribution >= 0.6 is 23.2 Å². The number of carbonyl (C=O) groups is 2. The molecule has 0 aliphatic heterocycles. The summed E-state index contributed by atoms with van der Waals surface area (Å²) < 4.78 is 2.09. The number of halogens is 2. The summed E-state index contributed by atoms with van der Waals surface area (Å²) in [7, 11) is 0. The van der Waals surface area contributed by atoms with Crippen molar-refractivity contribution in [3.05, 3.63) is 184 Å².